The van der Waals surface area contributed by atoms with Crippen molar-refractivity contribution >= 4 is 17.5 Å². The minimum atomic E-state index is -0.560. The van der Waals surface area contributed by atoms with Crippen LogP contribution in [0.3, 0.4) is 0 Å². The SMILES string of the molecule is CN[C@@H](C)C(=O)N[C@H](C(=O)N1CCC[C@H]1c1cn2c(-c3ccccc3)cccc2n1)C1CCOCC1. The number of hydrogen-bond acceptors (Lipinski definition) is 5. The summed E-state index contributed by atoms with van der Waals surface area (Å²) in [5, 5.41) is 6.04. The summed E-state index contributed by atoms with van der Waals surface area (Å²) in [5.74, 6) is -0.106. The number of hydrogen-bond donors (Lipinski definition) is 2. The number of benzene rings is 1. The fourth-order valence-corrected chi connectivity index (χ4v) is 5.39. The van der Waals surface area contributed by atoms with Gasteiger partial charge in [0.25, 0.3) is 0 Å². The predicted octanol–water partition coefficient (Wildman–Crippen LogP) is 3.18. The molecule has 0 spiro atoms. The molecule has 2 saturated heterocycles. The van der Waals surface area contributed by atoms with Gasteiger partial charge in [-0.2, -0.15) is 0 Å². The molecule has 8 nitrogen and oxygen atoms in total. The van der Waals surface area contributed by atoms with Crippen LogP contribution in [-0.4, -0.2) is 65.0 Å². The highest BCUT2D eigenvalue weighted by Crippen LogP contribution is 2.34. The average Bonchev–Trinajstić information content (AvgIpc) is 3.59. The molecule has 1 aromatic carbocycles. The van der Waals surface area contributed by atoms with Crippen LogP contribution in [0.15, 0.2) is 54.7 Å². The van der Waals surface area contributed by atoms with Crippen molar-refractivity contribution in [1.82, 2.24) is 24.9 Å². The highest BCUT2D eigenvalue weighted by atomic mass is 16.5. The third-order valence-corrected chi connectivity index (χ3v) is 7.59. The number of nitrogens with one attached hydrogen (secondary N) is 2. The van der Waals surface area contributed by atoms with Crippen molar-refractivity contribution in [2.24, 2.45) is 5.92 Å². The lowest BCUT2D eigenvalue weighted by Crippen LogP contribution is -2.56. The minimum Gasteiger partial charge on any atom is -0.381 e. The van der Waals surface area contributed by atoms with Gasteiger partial charge in [0, 0.05) is 26.0 Å². The maximum absolute atomic E-state index is 14.0. The number of likely N-dealkylation sites (N-methyl/N-ethyl adjacent to an activating group) is 1. The molecule has 3 atom stereocenters. The molecule has 3 aromatic rings. The Labute approximate surface area is 212 Å². The summed E-state index contributed by atoms with van der Waals surface area (Å²) in [5.41, 5.74) is 3.94. The second-order valence-corrected chi connectivity index (χ2v) is 9.81. The van der Waals surface area contributed by atoms with Crippen molar-refractivity contribution in [2.45, 2.75) is 50.7 Å². The van der Waals surface area contributed by atoms with Gasteiger partial charge in [0.15, 0.2) is 0 Å². The Morgan fingerprint density at radius 2 is 1.83 bits per heavy atom. The summed E-state index contributed by atoms with van der Waals surface area (Å²) in [6.45, 7) is 3.70. The van der Waals surface area contributed by atoms with Crippen molar-refractivity contribution in [3.63, 3.8) is 0 Å². The van der Waals surface area contributed by atoms with E-state index in [0.29, 0.717) is 19.8 Å². The summed E-state index contributed by atoms with van der Waals surface area (Å²) in [6.07, 6.45) is 5.36. The molecule has 0 aliphatic carbocycles. The van der Waals surface area contributed by atoms with Gasteiger partial charge in [0.2, 0.25) is 11.8 Å². The number of ether oxygens (including phenoxy) is 1. The lowest BCUT2D eigenvalue weighted by Gasteiger charge is -2.35. The van der Waals surface area contributed by atoms with Crippen molar-refractivity contribution in [1.29, 1.82) is 0 Å². The van der Waals surface area contributed by atoms with Gasteiger partial charge in [-0.15, -0.1) is 0 Å². The van der Waals surface area contributed by atoms with Gasteiger partial charge in [-0.25, -0.2) is 4.98 Å². The minimum absolute atomic E-state index is 0.0126. The number of rotatable bonds is 7. The fourth-order valence-electron chi connectivity index (χ4n) is 5.39. The van der Waals surface area contributed by atoms with E-state index in [1.165, 1.54) is 0 Å². The number of pyridine rings is 1. The number of fused-ring (bicyclic) bond motifs is 1. The van der Waals surface area contributed by atoms with E-state index in [2.05, 4.69) is 39.4 Å². The van der Waals surface area contributed by atoms with E-state index in [-0.39, 0.29) is 29.8 Å². The first-order chi connectivity index (χ1) is 17.6. The van der Waals surface area contributed by atoms with Gasteiger partial charge in [-0.3, -0.25) is 14.0 Å². The Hall–Kier alpha value is -3.23. The van der Waals surface area contributed by atoms with Crippen molar-refractivity contribution in [3.05, 3.63) is 60.4 Å². The van der Waals surface area contributed by atoms with Gasteiger partial charge >= 0.3 is 0 Å². The number of carbonyl (C=O) groups is 2. The summed E-state index contributed by atoms with van der Waals surface area (Å²) in [7, 11) is 1.75. The Morgan fingerprint density at radius 1 is 1.06 bits per heavy atom. The topological polar surface area (TPSA) is 88.0 Å². The smallest absolute Gasteiger partial charge is 0.246 e. The van der Waals surface area contributed by atoms with E-state index < -0.39 is 6.04 Å². The molecule has 4 heterocycles. The van der Waals surface area contributed by atoms with Crippen molar-refractivity contribution in [3.8, 4) is 11.3 Å². The van der Waals surface area contributed by atoms with Crippen LogP contribution in [0.4, 0.5) is 0 Å². The van der Waals surface area contributed by atoms with Crippen LogP contribution < -0.4 is 10.6 Å². The quantitative estimate of drug-likeness (QED) is 0.532. The summed E-state index contributed by atoms with van der Waals surface area (Å²) >= 11 is 0. The Bertz CT molecular complexity index is 1200. The molecule has 190 valence electrons. The summed E-state index contributed by atoms with van der Waals surface area (Å²) in [4.78, 5) is 33.7. The molecular formula is C28H35N5O3. The van der Waals surface area contributed by atoms with E-state index >= 15 is 0 Å². The maximum Gasteiger partial charge on any atom is 0.246 e. The van der Waals surface area contributed by atoms with E-state index in [4.69, 9.17) is 9.72 Å². The van der Waals surface area contributed by atoms with Crippen LogP contribution in [0.1, 0.15) is 44.3 Å². The predicted molar refractivity (Wildman–Crippen MR) is 138 cm³/mol. The average molecular weight is 490 g/mol. The normalized spacial score (nSPS) is 20.4. The first-order valence-electron chi connectivity index (χ1n) is 13.0. The Kier molecular flexibility index (Phi) is 7.34. The Morgan fingerprint density at radius 3 is 2.58 bits per heavy atom. The van der Waals surface area contributed by atoms with Crippen LogP contribution >= 0.6 is 0 Å². The molecule has 2 aliphatic heterocycles. The van der Waals surface area contributed by atoms with Crippen LogP contribution in [-0.2, 0) is 14.3 Å². The molecule has 5 rings (SSSR count). The maximum atomic E-state index is 14.0. The van der Waals surface area contributed by atoms with Gasteiger partial charge < -0.3 is 20.3 Å². The zero-order chi connectivity index (χ0) is 25.1. The molecule has 36 heavy (non-hydrogen) atoms. The van der Waals surface area contributed by atoms with Crippen LogP contribution in [0.2, 0.25) is 0 Å². The third-order valence-electron chi connectivity index (χ3n) is 7.59. The van der Waals surface area contributed by atoms with E-state index in [9.17, 15) is 9.59 Å². The number of aromatic nitrogens is 2. The molecule has 0 saturated carbocycles. The molecule has 0 radical (unpaired) electrons. The second kappa shape index (κ2) is 10.8. The van der Waals surface area contributed by atoms with Crippen molar-refractivity contribution in [2.75, 3.05) is 26.8 Å². The van der Waals surface area contributed by atoms with Crippen LogP contribution in [0.5, 0.6) is 0 Å². The van der Waals surface area contributed by atoms with Gasteiger partial charge in [0.05, 0.1) is 23.5 Å². The summed E-state index contributed by atoms with van der Waals surface area (Å²) in [6, 6.07) is 15.3. The molecule has 0 unspecified atom stereocenters. The molecule has 2 amide bonds. The van der Waals surface area contributed by atoms with Crippen molar-refractivity contribution < 1.29 is 14.3 Å². The molecule has 2 aromatic heterocycles. The van der Waals surface area contributed by atoms with Gasteiger partial charge in [-0.05, 0) is 63.3 Å². The zero-order valence-electron chi connectivity index (χ0n) is 21.0. The van der Waals surface area contributed by atoms with E-state index in [1.54, 1.807) is 14.0 Å². The molecule has 2 fully saturated rings. The van der Waals surface area contributed by atoms with E-state index in [0.717, 1.165) is 48.3 Å². The number of amides is 2. The van der Waals surface area contributed by atoms with E-state index in [1.807, 2.05) is 35.2 Å². The molecule has 8 heteroatoms. The number of imidazole rings is 1. The Balaban J connectivity index is 1.44. The molecule has 2 N–H and O–H groups in total. The first kappa shape index (κ1) is 24.5. The lowest BCUT2D eigenvalue weighted by molar-refractivity contribution is -0.140. The molecule has 0 bridgehead atoms. The third kappa shape index (κ3) is 4.88. The summed E-state index contributed by atoms with van der Waals surface area (Å²) < 4.78 is 7.65. The second-order valence-electron chi connectivity index (χ2n) is 9.81. The fraction of sp³-hybridized carbons (Fsp3) is 0.464. The number of likely N-dealkylation sites (tertiary alicyclic amines) is 1. The zero-order valence-corrected chi connectivity index (χ0v) is 21.0. The van der Waals surface area contributed by atoms with Crippen LogP contribution in [0.25, 0.3) is 16.9 Å². The standard InChI is InChI=1S/C28H35N5O3/c1-19(29-2)27(34)31-26(21-13-16-36-17-14-21)28(35)32-15-7-11-24(32)22-18-33-23(10-6-12-25(33)30-22)20-8-4-3-5-9-20/h3-6,8-10,12,18-19,21,24,26,29H,7,11,13-17H2,1-2H3,(H,31,34)/t19-,24-,26-/m0/s1. The van der Waals surface area contributed by atoms with Gasteiger partial charge in [-0.1, -0.05) is 36.4 Å². The number of nitrogens with zero attached hydrogens (tertiary/aromatic N) is 3. The highest BCUT2D eigenvalue weighted by molar-refractivity contribution is 5.90. The molecule has 2 aliphatic rings. The first-order valence-corrected chi connectivity index (χ1v) is 13.0. The van der Waals surface area contributed by atoms with Crippen LogP contribution in [0, 0.1) is 5.92 Å². The monoisotopic (exact) mass is 489 g/mol. The highest BCUT2D eigenvalue weighted by Gasteiger charge is 2.40. The molecular weight excluding hydrogens is 454 g/mol. The number of carbonyl (C=O) groups excluding carboxylic acids is 2. The largest absolute Gasteiger partial charge is 0.381 e. The van der Waals surface area contributed by atoms with Gasteiger partial charge in [0.1, 0.15) is 11.7 Å². The lowest BCUT2D eigenvalue weighted by atomic mass is 9.90.